The van der Waals surface area contributed by atoms with Gasteiger partial charge in [0.25, 0.3) is 5.91 Å². The molecule has 2 aromatic heterocycles. The highest BCUT2D eigenvalue weighted by atomic mass is 32.1. The van der Waals surface area contributed by atoms with Crippen LogP contribution in [0.15, 0.2) is 41.8 Å². The summed E-state index contributed by atoms with van der Waals surface area (Å²) in [6.45, 7) is 9.89. The van der Waals surface area contributed by atoms with E-state index in [4.69, 9.17) is 0 Å². The van der Waals surface area contributed by atoms with Crippen molar-refractivity contribution in [1.82, 2.24) is 14.8 Å². The maximum atomic E-state index is 14.2. The van der Waals surface area contributed by atoms with Gasteiger partial charge in [-0.1, -0.05) is 32.0 Å². The summed E-state index contributed by atoms with van der Waals surface area (Å²) in [5.41, 5.74) is 1.17. The number of thiophene rings is 1. The van der Waals surface area contributed by atoms with Crippen molar-refractivity contribution in [3.05, 3.63) is 58.9 Å². The van der Waals surface area contributed by atoms with Crippen LogP contribution in [-0.4, -0.2) is 41.1 Å². The van der Waals surface area contributed by atoms with Gasteiger partial charge in [0.15, 0.2) is 0 Å². The molecule has 1 unspecified atom stereocenters. The topological polar surface area (TPSA) is 37.3 Å². The van der Waals surface area contributed by atoms with E-state index >= 15 is 0 Å². The molecule has 0 aliphatic rings. The van der Waals surface area contributed by atoms with Gasteiger partial charge in [0, 0.05) is 17.0 Å². The Hall–Kier alpha value is -2.18. The molecule has 3 aromatic rings. The molecule has 0 fully saturated rings. The van der Waals surface area contributed by atoms with E-state index in [1.807, 2.05) is 35.1 Å². The fraction of sp³-hybridized carbons (Fsp3) is 0.435. The van der Waals surface area contributed by atoms with Crippen molar-refractivity contribution in [3.63, 3.8) is 0 Å². The van der Waals surface area contributed by atoms with Gasteiger partial charge < -0.3 is 14.8 Å². The van der Waals surface area contributed by atoms with Crippen LogP contribution in [0, 0.1) is 5.82 Å². The fourth-order valence-corrected chi connectivity index (χ4v) is 4.54. The Morgan fingerprint density at radius 2 is 2.00 bits per heavy atom. The molecule has 0 aliphatic carbocycles. The lowest BCUT2D eigenvalue weighted by molar-refractivity contribution is 0.0928. The molecule has 0 bridgehead atoms. The van der Waals surface area contributed by atoms with Gasteiger partial charge in [-0.3, -0.25) is 4.79 Å². The summed E-state index contributed by atoms with van der Waals surface area (Å²) in [4.78, 5) is 16.4. The highest BCUT2D eigenvalue weighted by Crippen LogP contribution is 2.27. The van der Waals surface area contributed by atoms with Gasteiger partial charge in [0.1, 0.15) is 16.3 Å². The number of carbonyl (C=O) groups excluding carboxylic acids is 1. The maximum absolute atomic E-state index is 14.2. The van der Waals surface area contributed by atoms with Crippen LogP contribution >= 0.6 is 11.3 Å². The SMILES string of the molecule is CCN(CC)CCCC(C)NC(=O)c1cc2ccsc2n1Cc1ccccc1F. The molecule has 2 heterocycles. The highest BCUT2D eigenvalue weighted by Gasteiger charge is 2.19. The molecule has 0 radical (unpaired) electrons. The molecule has 1 aromatic carbocycles. The molecule has 3 rings (SSSR count). The molecule has 156 valence electrons. The minimum absolute atomic E-state index is 0.0907. The molecule has 0 spiro atoms. The Bertz CT molecular complexity index is 945. The molecule has 0 aliphatic heterocycles. The van der Waals surface area contributed by atoms with Gasteiger partial charge in [-0.15, -0.1) is 11.3 Å². The predicted octanol–water partition coefficient (Wildman–Crippen LogP) is 5.13. The van der Waals surface area contributed by atoms with Crippen molar-refractivity contribution in [2.75, 3.05) is 19.6 Å². The Morgan fingerprint density at radius 3 is 2.72 bits per heavy atom. The zero-order valence-electron chi connectivity index (χ0n) is 17.5. The first-order valence-corrected chi connectivity index (χ1v) is 11.2. The summed E-state index contributed by atoms with van der Waals surface area (Å²) in [6.07, 6.45) is 1.99. The lowest BCUT2D eigenvalue weighted by atomic mass is 10.1. The highest BCUT2D eigenvalue weighted by molar-refractivity contribution is 7.16. The van der Waals surface area contributed by atoms with Crippen LogP contribution in [0.2, 0.25) is 0 Å². The van der Waals surface area contributed by atoms with Crippen LogP contribution in [0.1, 0.15) is 49.7 Å². The Kier molecular flexibility index (Phi) is 7.45. The van der Waals surface area contributed by atoms with E-state index in [9.17, 15) is 9.18 Å². The van der Waals surface area contributed by atoms with Gasteiger partial charge >= 0.3 is 0 Å². The predicted molar refractivity (Wildman–Crippen MR) is 119 cm³/mol. The summed E-state index contributed by atoms with van der Waals surface area (Å²) >= 11 is 1.57. The first kappa shape index (κ1) is 21.5. The van der Waals surface area contributed by atoms with Crippen molar-refractivity contribution >= 4 is 27.5 Å². The molecular formula is C23H30FN3OS. The standard InChI is InChI=1S/C23H30FN3OS/c1-4-26(5-2)13-8-9-17(3)25-22(28)21-15-18-12-14-29-23(18)27(21)16-19-10-6-7-11-20(19)24/h6-7,10-12,14-15,17H,4-5,8-9,13,16H2,1-3H3,(H,25,28). The van der Waals surface area contributed by atoms with Crippen molar-refractivity contribution in [3.8, 4) is 0 Å². The van der Waals surface area contributed by atoms with Crippen molar-refractivity contribution in [2.24, 2.45) is 0 Å². The fourth-order valence-electron chi connectivity index (χ4n) is 3.65. The maximum Gasteiger partial charge on any atom is 0.268 e. The summed E-state index contributed by atoms with van der Waals surface area (Å²) in [6, 6.07) is 10.7. The van der Waals surface area contributed by atoms with Crippen molar-refractivity contribution < 1.29 is 9.18 Å². The van der Waals surface area contributed by atoms with Gasteiger partial charge in [0.05, 0.1) is 6.54 Å². The van der Waals surface area contributed by atoms with E-state index in [0.29, 0.717) is 17.8 Å². The molecule has 0 saturated heterocycles. The number of nitrogens with zero attached hydrogens (tertiary/aromatic N) is 2. The number of fused-ring (bicyclic) bond motifs is 1. The second kappa shape index (κ2) is 10.0. The number of nitrogens with one attached hydrogen (secondary N) is 1. The number of amides is 1. The van der Waals surface area contributed by atoms with Gasteiger partial charge in [-0.25, -0.2) is 4.39 Å². The Morgan fingerprint density at radius 1 is 1.24 bits per heavy atom. The van der Waals surface area contributed by atoms with E-state index in [1.54, 1.807) is 23.5 Å². The number of aromatic nitrogens is 1. The molecule has 29 heavy (non-hydrogen) atoms. The largest absolute Gasteiger partial charge is 0.348 e. The van der Waals surface area contributed by atoms with Crippen LogP contribution < -0.4 is 5.32 Å². The Labute approximate surface area is 176 Å². The average molecular weight is 416 g/mol. The number of benzene rings is 1. The van der Waals surface area contributed by atoms with Crippen LogP contribution in [0.25, 0.3) is 10.2 Å². The van der Waals surface area contributed by atoms with E-state index in [2.05, 4.69) is 24.1 Å². The van der Waals surface area contributed by atoms with Crippen molar-refractivity contribution in [2.45, 2.75) is 46.2 Å². The third-order valence-corrected chi connectivity index (χ3v) is 6.36. The van der Waals surface area contributed by atoms with E-state index in [0.717, 1.165) is 42.7 Å². The quantitative estimate of drug-likeness (QED) is 0.498. The minimum atomic E-state index is -0.248. The monoisotopic (exact) mass is 415 g/mol. The summed E-state index contributed by atoms with van der Waals surface area (Å²) in [5.74, 6) is -0.345. The van der Waals surface area contributed by atoms with Gasteiger partial charge in [-0.2, -0.15) is 0 Å². The summed E-state index contributed by atoms with van der Waals surface area (Å²) in [7, 11) is 0. The molecule has 4 nitrogen and oxygen atoms in total. The van der Waals surface area contributed by atoms with Crippen LogP contribution in [0.4, 0.5) is 4.39 Å². The van der Waals surface area contributed by atoms with Gasteiger partial charge in [0.2, 0.25) is 0 Å². The number of carbonyl (C=O) groups is 1. The molecule has 1 atom stereocenters. The molecule has 0 saturated carbocycles. The van der Waals surface area contributed by atoms with E-state index in [1.165, 1.54) is 6.07 Å². The minimum Gasteiger partial charge on any atom is -0.348 e. The summed E-state index contributed by atoms with van der Waals surface area (Å²) in [5, 5.41) is 6.15. The number of rotatable bonds is 10. The first-order valence-electron chi connectivity index (χ1n) is 10.4. The first-order chi connectivity index (χ1) is 14.0. The van der Waals surface area contributed by atoms with E-state index < -0.39 is 0 Å². The van der Waals surface area contributed by atoms with Crippen LogP contribution in [-0.2, 0) is 6.54 Å². The molecule has 1 N–H and O–H groups in total. The van der Waals surface area contributed by atoms with Crippen LogP contribution in [0.3, 0.4) is 0 Å². The summed E-state index contributed by atoms with van der Waals surface area (Å²) < 4.78 is 16.1. The number of hydrogen-bond acceptors (Lipinski definition) is 3. The normalized spacial score (nSPS) is 12.6. The van der Waals surface area contributed by atoms with Crippen molar-refractivity contribution in [1.29, 1.82) is 0 Å². The second-order valence-corrected chi connectivity index (χ2v) is 8.33. The van der Waals surface area contributed by atoms with Gasteiger partial charge in [-0.05, 0) is 63.0 Å². The second-order valence-electron chi connectivity index (χ2n) is 7.43. The van der Waals surface area contributed by atoms with E-state index in [-0.39, 0.29) is 17.8 Å². The zero-order valence-corrected chi connectivity index (χ0v) is 18.3. The number of halogens is 1. The zero-order chi connectivity index (χ0) is 20.8. The Balaban J connectivity index is 1.71. The third-order valence-electron chi connectivity index (χ3n) is 5.40. The smallest absolute Gasteiger partial charge is 0.268 e. The average Bonchev–Trinajstić information content (AvgIpc) is 3.29. The lowest BCUT2D eigenvalue weighted by Crippen LogP contribution is -2.35. The lowest BCUT2D eigenvalue weighted by Gasteiger charge is -2.20. The molecule has 6 heteroatoms. The van der Waals surface area contributed by atoms with Crippen LogP contribution in [0.5, 0.6) is 0 Å². The number of hydrogen-bond donors (Lipinski definition) is 1. The third kappa shape index (κ3) is 5.25. The molecular weight excluding hydrogens is 385 g/mol. The molecule has 1 amide bonds.